The summed E-state index contributed by atoms with van der Waals surface area (Å²) in [5.41, 5.74) is 8.40. The van der Waals surface area contributed by atoms with E-state index in [0.29, 0.717) is 18.0 Å². The molecule has 0 radical (unpaired) electrons. The molecule has 0 spiro atoms. The van der Waals surface area contributed by atoms with Crippen LogP contribution in [0.4, 0.5) is 5.13 Å². The summed E-state index contributed by atoms with van der Waals surface area (Å²) in [4.78, 5) is 20.4. The standard InChI is InChI=1S/C14H18N4OS/c1-9-4-3-7-16-13(9)10(2)17-12(19)6-5-11-8-20-14(15)18-11/h3-4,7-8,10H,5-6H2,1-2H3,(H2,15,18)(H,17,19)/t10-/m0/s1. The van der Waals surface area contributed by atoms with Crippen molar-refractivity contribution >= 4 is 22.4 Å². The molecule has 2 heterocycles. The van der Waals surface area contributed by atoms with Crippen LogP contribution >= 0.6 is 11.3 Å². The first-order chi connectivity index (χ1) is 9.56. The van der Waals surface area contributed by atoms with E-state index in [1.54, 1.807) is 6.20 Å². The Labute approximate surface area is 122 Å². The van der Waals surface area contributed by atoms with Crippen LogP contribution in [0.1, 0.15) is 36.3 Å². The maximum Gasteiger partial charge on any atom is 0.220 e. The predicted octanol–water partition coefficient (Wildman–Crippen LogP) is 2.24. The monoisotopic (exact) mass is 290 g/mol. The Morgan fingerprint density at radius 3 is 3.00 bits per heavy atom. The molecule has 5 nitrogen and oxygen atoms in total. The maximum atomic E-state index is 11.9. The van der Waals surface area contributed by atoms with Crippen molar-refractivity contribution < 1.29 is 4.79 Å². The normalized spacial score (nSPS) is 12.1. The Hall–Kier alpha value is -1.95. The molecule has 6 heteroatoms. The van der Waals surface area contributed by atoms with Crippen LogP contribution in [0.2, 0.25) is 0 Å². The van der Waals surface area contributed by atoms with Crippen LogP contribution in [-0.4, -0.2) is 15.9 Å². The number of nitrogen functional groups attached to an aromatic ring is 1. The van der Waals surface area contributed by atoms with Gasteiger partial charge in [-0.05, 0) is 31.9 Å². The Kier molecular flexibility index (Phi) is 4.68. The first-order valence-electron chi connectivity index (χ1n) is 6.47. The molecule has 0 fully saturated rings. The fourth-order valence-electron chi connectivity index (χ4n) is 2.01. The molecule has 106 valence electrons. The minimum Gasteiger partial charge on any atom is -0.375 e. The SMILES string of the molecule is Cc1cccnc1[C@H](C)NC(=O)CCc1csc(N)n1. The number of hydrogen-bond acceptors (Lipinski definition) is 5. The highest BCUT2D eigenvalue weighted by atomic mass is 32.1. The highest BCUT2D eigenvalue weighted by Gasteiger charge is 2.13. The molecule has 0 aliphatic carbocycles. The van der Waals surface area contributed by atoms with E-state index in [9.17, 15) is 4.79 Å². The number of nitrogens with two attached hydrogens (primary N) is 1. The molecule has 0 aliphatic heterocycles. The number of nitrogens with one attached hydrogen (secondary N) is 1. The summed E-state index contributed by atoms with van der Waals surface area (Å²) in [6.07, 6.45) is 2.75. The summed E-state index contributed by atoms with van der Waals surface area (Å²) in [6, 6.07) is 3.78. The fourth-order valence-corrected chi connectivity index (χ4v) is 2.61. The minimum atomic E-state index is -0.0933. The maximum absolute atomic E-state index is 11.9. The summed E-state index contributed by atoms with van der Waals surface area (Å²) < 4.78 is 0. The van der Waals surface area contributed by atoms with Crippen molar-refractivity contribution in [2.45, 2.75) is 32.7 Å². The zero-order valence-corrected chi connectivity index (χ0v) is 12.4. The molecule has 0 unspecified atom stereocenters. The van der Waals surface area contributed by atoms with E-state index in [1.807, 2.05) is 31.4 Å². The van der Waals surface area contributed by atoms with Crippen LogP contribution in [0.5, 0.6) is 0 Å². The van der Waals surface area contributed by atoms with Crippen LogP contribution in [0.15, 0.2) is 23.7 Å². The number of rotatable bonds is 5. The quantitative estimate of drug-likeness (QED) is 0.885. The number of aromatic nitrogens is 2. The number of thiazole rings is 1. The first-order valence-corrected chi connectivity index (χ1v) is 7.35. The van der Waals surface area contributed by atoms with Crippen LogP contribution in [0.3, 0.4) is 0 Å². The second kappa shape index (κ2) is 6.47. The van der Waals surface area contributed by atoms with E-state index in [2.05, 4.69) is 15.3 Å². The number of pyridine rings is 1. The molecule has 1 atom stereocenters. The van der Waals surface area contributed by atoms with E-state index < -0.39 is 0 Å². The number of amides is 1. The second-order valence-electron chi connectivity index (χ2n) is 4.67. The Balaban J connectivity index is 1.87. The highest BCUT2D eigenvalue weighted by Crippen LogP contribution is 2.15. The van der Waals surface area contributed by atoms with Gasteiger partial charge in [0.1, 0.15) is 0 Å². The van der Waals surface area contributed by atoms with Gasteiger partial charge in [-0.2, -0.15) is 0 Å². The van der Waals surface area contributed by atoms with Gasteiger partial charge in [0.25, 0.3) is 0 Å². The molecule has 0 saturated heterocycles. The number of nitrogens with zero attached hydrogens (tertiary/aromatic N) is 2. The third-order valence-corrected chi connectivity index (χ3v) is 3.74. The van der Waals surface area contributed by atoms with Gasteiger partial charge in [0.05, 0.1) is 17.4 Å². The Morgan fingerprint density at radius 2 is 2.35 bits per heavy atom. The fraction of sp³-hybridized carbons (Fsp3) is 0.357. The molecule has 2 rings (SSSR count). The summed E-state index contributed by atoms with van der Waals surface area (Å²) in [6.45, 7) is 3.93. The van der Waals surface area contributed by atoms with E-state index in [4.69, 9.17) is 5.73 Å². The first kappa shape index (κ1) is 14.5. The van der Waals surface area contributed by atoms with Crippen molar-refractivity contribution in [3.8, 4) is 0 Å². The predicted molar refractivity (Wildman–Crippen MR) is 80.4 cm³/mol. The van der Waals surface area contributed by atoms with E-state index >= 15 is 0 Å². The largest absolute Gasteiger partial charge is 0.375 e. The summed E-state index contributed by atoms with van der Waals surface area (Å²) in [7, 11) is 0. The van der Waals surface area contributed by atoms with E-state index in [0.717, 1.165) is 17.0 Å². The average molecular weight is 290 g/mol. The van der Waals surface area contributed by atoms with Gasteiger partial charge in [-0.3, -0.25) is 9.78 Å². The van der Waals surface area contributed by atoms with Gasteiger partial charge in [-0.25, -0.2) is 4.98 Å². The summed E-state index contributed by atoms with van der Waals surface area (Å²) >= 11 is 1.39. The van der Waals surface area contributed by atoms with Crippen molar-refractivity contribution in [1.82, 2.24) is 15.3 Å². The molecule has 0 aromatic carbocycles. The molecule has 0 saturated carbocycles. The lowest BCUT2D eigenvalue weighted by atomic mass is 10.1. The van der Waals surface area contributed by atoms with Crippen LogP contribution in [-0.2, 0) is 11.2 Å². The lowest BCUT2D eigenvalue weighted by molar-refractivity contribution is -0.121. The van der Waals surface area contributed by atoms with Gasteiger partial charge < -0.3 is 11.1 Å². The lowest BCUT2D eigenvalue weighted by Crippen LogP contribution is -2.27. The lowest BCUT2D eigenvalue weighted by Gasteiger charge is -2.15. The average Bonchev–Trinajstić information content (AvgIpc) is 2.82. The van der Waals surface area contributed by atoms with Crippen molar-refractivity contribution in [1.29, 1.82) is 0 Å². The molecule has 3 N–H and O–H groups in total. The summed E-state index contributed by atoms with van der Waals surface area (Å²) in [5, 5.41) is 5.38. The number of anilines is 1. The molecule has 0 aliphatic rings. The van der Waals surface area contributed by atoms with Crippen molar-refractivity contribution in [3.05, 3.63) is 40.7 Å². The van der Waals surface area contributed by atoms with Gasteiger partial charge >= 0.3 is 0 Å². The Morgan fingerprint density at radius 1 is 1.55 bits per heavy atom. The second-order valence-corrected chi connectivity index (χ2v) is 5.56. The number of carbonyl (C=O) groups is 1. The molecule has 2 aromatic rings. The molecular formula is C14H18N4OS. The Bertz CT molecular complexity index is 596. The third-order valence-electron chi connectivity index (χ3n) is 3.02. The molecule has 1 amide bonds. The molecule has 2 aromatic heterocycles. The van der Waals surface area contributed by atoms with E-state index in [1.165, 1.54) is 11.3 Å². The van der Waals surface area contributed by atoms with Crippen molar-refractivity contribution in [2.24, 2.45) is 0 Å². The van der Waals surface area contributed by atoms with Crippen molar-refractivity contribution in [2.75, 3.05) is 5.73 Å². The van der Waals surface area contributed by atoms with E-state index in [-0.39, 0.29) is 11.9 Å². The minimum absolute atomic E-state index is 0.00544. The van der Waals surface area contributed by atoms with Gasteiger partial charge in [-0.15, -0.1) is 11.3 Å². The van der Waals surface area contributed by atoms with Crippen molar-refractivity contribution in [3.63, 3.8) is 0 Å². The van der Waals surface area contributed by atoms with Crippen LogP contribution < -0.4 is 11.1 Å². The van der Waals surface area contributed by atoms with Gasteiger partial charge in [0, 0.05) is 18.0 Å². The smallest absolute Gasteiger partial charge is 0.220 e. The van der Waals surface area contributed by atoms with Gasteiger partial charge in [-0.1, -0.05) is 6.07 Å². The molecular weight excluding hydrogens is 272 g/mol. The van der Waals surface area contributed by atoms with Gasteiger partial charge in [0.15, 0.2) is 5.13 Å². The summed E-state index contributed by atoms with van der Waals surface area (Å²) in [5.74, 6) is -0.00544. The number of aryl methyl sites for hydroxylation is 2. The number of carbonyl (C=O) groups excluding carboxylic acids is 1. The zero-order valence-electron chi connectivity index (χ0n) is 11.6. The number of hydrogen-bond donors (Lipinski definition) is 2. The van der Waals surface area contributed by atoms with Gasteiger partial charge in [0.2, 0.25) is 5.91 Å². The molecule has 0 bridgehead atoms. The molecule has 20 heavy (non-hydrogen) atoms. The zero-order chi connectivity index (χ0) is 14.5. The van der Waals surface area contributed by atoms with Crippen LogP contribution in [0.25, 0.3) is 0 Å². The van der Waals surface area contributed by atoms with Crippen LogP contribution in [0, 0.1) is 6.92 Å². The highest BCUT2D eigenvalue weighted by molar-refractivity contribution is 7.13. The third kappa shape index (κ3) is 3.77. The topological polar surface area (TPSA) is 80.9 Å².